The van der Waals surface area contributed by atoms with Crippen molar-refractivity contribution in [2.24, 2.45) is 11.8 Å². The molecule has 2 N–H and O–H groups in total. The summed E-state index contributed by atoms with van der Waals surface area (Å²) >= 11 is 0. The summed E-state index contributed by atoms with van der Waals surface area (Å²) in [5.41, 5.74) is 1.11. The molecule has 25 heavy (non-hydrogen) atoms. The third-order valence-electron chi connectivity index (χ3n) is 4.90. The summed E-state index contributed by atoms with van der Waals surface area (Å²) in [7, 11) is 0. The smallest absolute Gasteiger partial charge is 0.317 e. The maximum absolute atomic E-state index is 12.3. The van der Waals surface area contributed by atoms with Crippen molar-refractivity contribution in [2.45, 2.75) is 52.6 Å². The zero-order chi connectivity index (χ0) is 18.2. The molecule has 1 saturated heterocycles. The lowest BCUT2D eigenvalue weighted by Crippen LogP contribution is -2.50. The van der Waals surface area contributed by atoms with E-state index in [4.69, 9.17) is 0 Å². The molecule has 0 bridgehead atoms. The first-order valence-corrected chi connectivity index (χ1v) is 9.35. The Balaban J connectivity index is 1.81. The quantitative estimate of drug-likeness (QED) is 0.832. The van der Waals surface area contributed by atoms with Crippen LogP contribution < -0.4 is 10.6 Å². The van der Waals surface area contributed by atoms with Crippen LogP contribution in [0.1, 0.15) is 45.6 Å². The molecule has 5 nitrogen and oxygen atoms in total. The van der Waals surface area contributed by atoms with Gasteiger partial charge in [0, 0.05) is 32.1 Å². The fourth-order valence-electron chi connectivity index (χ4n) is 3.44. The third-order valence-corrected chi connectivity index (χ3v) is 4.90. The molecular formula is C20H31N3O2. The number of hydrogen-bond donors (Lipinski definition) is 2. The highest BCUT2D eigenvalue weighted by Crippen LogP contribution is 2.29. The van der Waals surface area contributed by atoms with Crippen molar-refractivity contribution in [1.29, 1.82) is 0 Å². The van der Waals surface area contributed by atoms with Gasteiger partial charge in [0.25, 0.3) is 0 Å². The van der Waals surface area contributed by atoms with Gasteiger partial charge in [-0.1, -0.05) is 43.7 Å². The first kappa shape index (κ1) is 19.3. The van der Waals surface area contributed by atoms with Gasteiger partial charge in [0.15, 0.2) is 0 Å². The lowest BCUT2D eigenvalue weighted by atomic mass is 9.81. The van der Waals surface area contributed by atoms with Crippen LogP contribution in [0.3, 0.4) is 0 Å². The molecule has 1 fully saturated rings. The van der Waals surface area contributed by atoms with Crippen LogP contribution in [-0.4, -0.2) is 36.0 Å². The number of nitrogens with one attached hydrogen (secondary N) is 2. The Morgan fingerprint density at radius 3 is 2.56 bits per heavy atom. The van der Waals surface area contributed by atoms with Crippen molar-refractivity contribution < 1.29 is 9.59 Å². The van der Waals surface area contributed by atoms with Crippen molar-refractivity contribution >= 4 is 11.9 Å². The Kier molecular flexibility index (Phi) is 7.29. The molecule has 1 aromatic carbocycles. The zero-order valence-electron chi connectivity index (χ0n) is 15.6. The summed E-state index contributed by atoms with van der Waals surface area (Å²) in [6, 6.07) is 10.1. The first-order chi connectivity index (χ1) is 12.0. The number of likely N-dealkylation sites (tertiary alicyclic amines) is 1. The van der Waals surface area contributed by atoms with Crippen LogP contribution >= 0.6 is 0 Å². The normalized spacial score (nSPS) is 20.4. The van der Waals surface area contributed by atoms with Crippen LogP contribution in [0.4, 0.5) is 4.79 Å². The predicted molar refractivity (Wildman–Crippen MR) is 100 cm³/mol. The molecule has 5 heteroatoms. The van der Waals surface area contributed by atoms with Gasteiger partial charge in [-0.15, -0.1) is 0 Å². The monoisotopic (exact) mass is 345 g/mol. The van der Waals surface area contributed by atoms with Crippen molar-refractivity contribution in [1.82, 2.24) is 15.5 Å². The number of benzene rings is 1. The van der Waals surface area contributed by atoms with Crippen LogP contribution in [0.25, 0.3) is 0 Å². The molecule has 0 saturated carbocycles. The number of urea groups is 1. The van der Waals surface area contributed by atoms with E-state index in [0.29, 0.717) is 24.8 Å². The van der Waals surface area contributed by atoms with Gasteiger partial charge in [-0.25, -0.2) is 4.79 Å². The van der Waals surface area contributed by atoms with E-state index in [2.05, 4.69) is 17.6 Å². The van der Waals surface area contributed by atoms with E-state index in [1.54, 1.807) is 0 Å². The van der Waals surface area contributed by atoms with Gasteiger partial charge < -0.3 is 15.5 Å². The SMILES string of the molecule is CCC1CN(C(=O)NC(C)C)CCC1CC(=O)NCc1ccccc1. The Morgan fingerprint density at radius 1 is 1.20 bits per heavy atom. The van der Waals surface area contributed by atoms with Crippen LogP contribution in [0, 0.1) is 11.8 Å². The predicted octanol–water partition coefficient (Wildman–Crippen LogP) is 3.16. The van der Waals surface area contributed by atoms with E-state index >= 15 is 0 Å². The molecule has 1 aliphatic heterocycles. The van der Waals surface area contributed by atoms with E-state index in [1.165, 1.54) is 0 Å². The topological polar surface area (TPSA) is 61.4 Å². The number of hydrogen-bond acceptors (Lipinski definition) is 2. The molecule has 2 atom stereocenters. The minimum absolute atomic E-state index is 0.0143. The number of nitrogens with zero attached hydrogens (tertiary/aromatic N) is 1. The van der Waals surface area contributed by atoms with E-state index in [1.807, 2.05) is 49.1 Å². The van der Waals surface area contributed by atoms with E-state index in [9.17, 15) is 9.59 Å². The molecular weight excluding hydrogens is 314 g/mol. The van der Waals surface area contributed by atoms with Crippen molar-refractivity contribution in [2.75, 3.05) is 13.1 Å². The number of piperidine rings is 1. The Bertz CT molecular complexity index is 559. The highest BCUT2D eigenvalue weighted by atomic mass is 16.2. The minimum Gasteiger partial charge on any atom is -0.352 e. The Hall–Kier alpha value is -2.04. The van der Waals surface area contributed by atoms with Gasteiger partial charge in [-0.05, 0) is 37.7 Å². The molecule has 0 aromatic heterocycles. The molecule has 0 radical (unpaired) electrons. The second kappa shape index (κ2) is 9.44. The van der Waals surface area contributed by atoms with Gasteiger partial charge in [0.1, 0.15) is 0 Å². The molecule has 0 aliphatic carbocycles. The zero-order valence-corrected chi connectivity index (χ0v) is 15.6. The molecule has 0 spiro atoms. The average molecular weight is 345 g/mol. The summed E-state index contributed by atoms with van der Waals surface area (Å²) in [6.45, 7) is 8.13. The van der Waals surface area contributed by atoms with Crippen LogP contribution in [-0.2, 0) is 11.3 Å². The number of rotatable bonds is 6. The summed E-state index contributed by atoms with van der Waals surface area (Å²) in [5.74, 6) is 0.838. The lowest BCUT2D eigenvalue weighted by molar-refractivity contribution is -0.123. The molecule has 2 unspecified atom stereocenters. The maximum Gasteiger partial charge on any atom is 0.317 e. The summed E-state index contributed by atoms with van der Waals surface area (Å²) in [6.07, 6.45) is 2.43. The van der Waals surface area contributed by atoms with Crippen LogP contribution in [0.5, 0.6) is 0 Å². The van der Waals surface area contributed by atoms with Gasteiger partial charge in [0.05, 0.1) is 0 Å². The molecule has 1 aromatic rings. The summed E-state index contributed by atoms with van der Waals surface area (Å²) < 4.78 is 0. The highest BCUT2D eigenvalue weighted by Gasteiger charge is 2.31. The highest BCUT2D eigenvalue weighted by molar-refractivity contribution is 5.76. The average Bonchev–Trinajstić information content (AvgIpc) is 2.60. The van der Waals surface area contributed by atoms with E-state index in [0.717, 1.165) is 31.5 Å². The van der Waals surface area contributed by atoms with Crippen LogP contribution in [0.15, 0.2) is 30.3 Å². The second-order valence-corrected chi connectivity index (χ2v) is 7.23. The van der Waals surface area contributed by atoms with Gasteiger partial charge in [0.2, 0.25) is 5.91 Å². The van der Waals surface area contributed by atoms with Crippen molar-refractivity contribution in [3.63, 3.8) is 0 Å². The van der Waals surface area contributed by atoms with Crippen molar-refractivity contribution in [3.05, 3.63) is 35.9 Å². The summed E-state index contributed by atoms with van der Waals surface area (Å²) in [5, 5.41) is 5.98. The number of carbonyl (C=O) groups excluding carboxylic acids is 2. The minimum atomic E-state index is 0.0143. The second-order valence-electron chi connectivity index (χ2n) is 7.23. The molecule has 1 aliphatic rings. The molecule has 3 amide bonds. The van der Waals surface area contributed by atoms with Gasteiger partial charge >= 0.3 is 6.03 Å². The first-order valence-electron chi connectivity index (χ1n) is 9.35. The lowest BCUT2D eigenvalue weighted by Gasteiger charge is -2.38. The standard InChI is InChI=1S/C20H31N3O2/c1-4-17-14-23(20(25)22-15(2)3)11-10-18(17)12-19(24)21-13-16-8-6-5-7-9-16/h5-9,15,17-18H,4,10-14H2,1-3H3,(H,21,24)(H,22,25). The molecule has 138 valence electrons. The van der Waals surface area contributed by atoms with Crippen LogP contribution in [0.2, 0.25) is 0 Å². The van der Waals surface area contributed by atoms with Gasteiger partial charge in [-0.2, -0.15) is 0 Å². The Labute approximate surface area is 151 Å². The fourth-order valence-corrected chi connectivity index (χ4v) is 3.44. The largest absolute Gasteiger partial charge is 0.352 e. The molecule has 2 rings (SSSR count). The van der Waals surface area contributed by atoms with Gasteiger partial charge in [-0.3, -0.25) is 4.79 Å². The summed E-state index contributed by atoms with van der Waals surface area (Å²) in [4.78, 5) is 26.4. The Morgan fingerprint density at radius 2 is 1.92 bits per heavy atom. The van der Waals surface area contributed by atoms with E-state index in [-0.39, 0.29) is 18.0 Å². The van der Waals surface area contributed by atoms with Crippen molar-refractivity contribution in [3.8, 4) is 0 Å². The third kappa shape index (κ3) is 6.07. The van der Waals surface area contributed by atoms with E-state index < -0.39 is 0 Å². The number of carbonyl (C=O) groups is 2. The number of amides is 3. The fraction of sp³-hybridized carbons (Fsp3) is 0.600. The molecule has 1 heterocycles. The maximum atomic E-state index is 12.3.